The predicted octanol–water partition coefficient (Wildman–Crippen LogP) is 4.08. The average Bonchev–Trinajstić information content (AvgIpc) is 2.31. The Morgan fingerprint density at radius 3 is 2.84 bits per heavy atom. The van der Waals surface area contributed by atoms with Gasteiger partial charge in [0.05, 0.1) is 5.60 Å². The average molecular weight is 302 g/mol. The fraction of sp³-hybridized carbons (Fsp3) is 0.600. The molecule has 4 heteroatoms. The number of benzene rings is 1. The SMILES string of the molecule is CC1(C)CC(NCCc2ccc(Cl)cc2Cl)CCO1. The minimum absolute atomic E-state index is 0.00612. The number of hydrogen-bond donors (Lipinski definition) is 1. The van der Waals surface area contributed by atoms with E-state index in [0.717, 1.165) is 43.0 Å². The van der Waals surface area contributed by atoms with Crippen molar-refractivity contribution in [2.75, 3.05) is 13.2 Å². The van der Waals surface area contributed by atoms with E-state index in [2.05, 4.69) is 19.2 Å². The zero-order valence-corrected chi connectivity index (χ0v) is 13.0. The summed E-state index contributed by atoms with van der Waals surface area (Å²) < 4.78 is 5.72. The van der Waals surface area contributed by atoms with Crippen molar-refractivity contribution in [1.29, 1.82) is 0 Å². The standard InChI is InChI=1S/C15H21Cl2NO/c1-15(2)10-13(6-8-19-15)18-7-5-11-3-4-12(16)9-14(11)17/h3-4,9,13,18H,5-8,10H2,1-2H3. The molecule has 0 radical (unpaired) electrons. The summed E-state index contributed by atoms with van der Waals surface area (Å²) in [5, 5.41) is 5.04. The van der Waals surface area contributed by atoms with E-state index >= 15 is 0 Å². The van der Waals surface area contributed by atoms with Crippen LogP contribution in [0.25, 0.3) is 0 Å². The third-order valence-corrected chi connectivity index (χ3v) is 4.13. The van der Waals surface area contributed by atoms with Crippen LogP contribution >= 0.6 is 23.2 Å². The van der Waals surface area contributed by atoms with Crippen LogP contribution in [0.4, 0.5) is 0 Å². The zero-order chi connectivity index (χ0) is 13.9. The van der Waals surface area contributed by atoms with Gasteiger partial charge in [-0.2, -0.15) is 0 Å². The van der Waals surface area contributed by atoms with Gasteiger partial charge in [-0.05, 0) is 57.4 Å². The Labute approximate surface area is 125 Å². The highest BCUT2D eigenvalue weighted by molar-refractivity contribution is 6.35. The molecule has 1 fully saturated rings. The van der Waals surface area contributed by atoms with E-state index in [4.69, 9.17) is 27.9 Å². The van der Waals surface area contributed by atoms with Gasteiger partial charge in [0.2, 0.25) is 0 Å². The molecule has 0 bridgehead atoms. The van der Waals surface area contributed by atoms with Gasteiger partial charge in [0.15, 0.2) is 0 Å². The lowest BCUT2D eigenvalue weighted by Crippen LogP contribution is -2.44. The molecule has 0 saturated carbocycles. The number of nitrogens with one attached hydrogen (secondary N) is 1. The van der Waals surface area contributed by atoms with Crippen molar-refractivity contribution in [3.8, 4) is 0 Å². The highest BCUT2D eigenvalue weighted by atomic mass is 35.5. The predicted molar refractivity (Wildman–Crippen MR) is 81.2 cm³/mol. The molecule has 0 aliphatic carbocycles. The molecular weight excluding hydrogens is 281 g/mol. The van der Waals surface area contributed by atoms with E-state index in [0.29, 0.717) is 11.1 Å². The van der Waals surface area contributed by atoms with E-state index in [1.165, 1.54) is 0 Å². The lowest BCUT2D eigenvalue weighted by atomic mass is 9.94. The second-order valence-corrected chi connectivity index (χ2v) is 6.58. The summed E-state index contributed by atoms with van der Waals surface area (Å²) in [6, 6.07) is 6.23. The molecule has 1 aliphatic heterocycles. The molecular formula is C15H21Cl2NO. The number of ether oxygens (including phenoxy) is 1. The summed E-state index contributed by atoms with van der Waals surface area (Å²) in [6.45, 7) is 6.07. The Bertz CT molecular complexity index is 434. The van der Waals surface area contributed by atoms with Crippen LogP contribution in [0, 0.1) is 0 Å². The summed E-state index contributed by atoms with van der Waals surface area (Å²) in [7, 11) is 0. The Kier molecular flexibility index (Phi) is 5.13. The molecule has 1 atom stereocenters. The van der Waals surface area contributed by atoms with Gasteiger partial charge in [0.25, 0.3) is 0 Å². The van der Waals surface area contributed by atoms with Crippen LogP contribution in [0.15, 0.2) is 18.2 Å². The van der Waals surface area contributed by atoms with Crippen LogP contribution in [0.1, 0.15) is 32.3 Å². The molecule has 0 spiro atoms. The van der Waals surface area contributed by atoms with Crippen molar-refractivity contribution in [2.24, 2.45) is 0 Å². The summed E-state index contributed by atoms with van der Waals surface area (Å²) >= 11 is 12.1. The van der Waals surface area contributed by atoms with Gasteiger partial charge in [-0.1, -0.05) is 29.3 Å². The molecule has 1 saturated heterocycles. The van der Waals surface area contributed by atoms with Gasteiger partial charge < -0.3 is 10.1 Å². The van der Waals surface area contributed by atoms with Crippen molar-refractivity contribution in [1.82, 2.24) is 5.32 Å². The maximum Gasteiger partial charge on any atom is 0.0641 e. The smallest absolute Gasteiger partial charge is 0.0641 e. The topological polar surface area (TPSA) is 21.3 Å². The fourth-order valence-electron chi connectivity index (χ4n) is 2.54. The minimum Gasteiger partial charge on any atom is -0.375 e. The number of halogens is 2. The first-order valence-electron chi connectivity index (χ1n) is 6.77. The van der Waals surface area contributed by atoms with Gasteiger partial charge in [0, 0.05) is 22.7 Å². The normalized spacial score (nSPS) is 22.4. The van der Waals surface area contributed by atoms with Crippen LogP contribution in [0.3, 0.4) is 0 Å². The van der Waals surface area contributed by atoms with E-state index in [-0.39, 0.29) is 5.60 Å². The summed E-state index contributed by atoms with van der Waals surface area (Å²) in [5.41, 5.74) is 1.14. The second kappa shape index (κ2) is 6.45. The van der Waals surface area contributed by atoms with Gasteiger partial charge in [-0.25, -0.2) is 0 Å². The molecule has 1 heterocycles. The summed E-state index contributed by atoms with van der Waals surface area (Å²) in [6.07, 6.45) is 3.06. The maximum atomic E-state index is 6.16. The molecule has 1 unspecified atom stereocenters. The molecule has 2 nitrogen and oxygen atoms in total. The molecule has 1 aliphatic rings. The first kappa shape index (κ1) is 15.1. The fourth-order valence-corrected chi connectivity index (χ4v) is 3.04. The molecule has 2 rings (SSSR count). The Morgan fingerprint density at radius 2 is 2.16 bits per heavy atom. The highest BCUT2D eigenvalue weighted by Gasteiger charge is 2.28. The van der Waals surface area contributed by atoms with Crippen molar-refractivity contribution in [3.05, 3.63) is 33.8 Å². The van der Waals surface area contributed by atoms with E-state index < -0.39 is 0 Å². The lowest BCUT2D eigenvalue weighted by molar-refractivity contribution is -0.0627. The molecule has 1 N–H and O–H groups in total. The van der Waals surface area contributed by atoms with Crippen molar-refractivity contribution < 1.29 is 4.74 Å². The van der Waals surface area contributed by atoms with Crippen LogP contribution in [0.2, 0.25) is 10.0 Å². The highest BCUT2D eigenvalue weighted by Crippen LogP contribution is 2.24. The Balaban J connectivity index is 1.80. The monoisotopic (exact) mass is 301 g/mol. The van der Waals surface area contributed by atoms with E-state index in [9.17, 15) is 0 Å². The van der Waals surface area contributed by atoms with Gasteiger partial charge in [-0.15, -0.1) is 0 Å². The largest absolute Gasteiger partial charge is 0.375 e. The Morgan fingerprint density at radius 1 is 1.37 bits per heavy atom. The molecule has 1 aromatic carbocycles. The number of rotatable bonds is 4. The van der Waals surface area contributed by atoms with Crippen molar-refractivity contribution >= 4 is 23.2 Å². The van der Waals surface area contributed by atoms with Gasteiger partial charge in [0.1, 0.15) is 0 Å². The lowest BCUT2D eigenvalue weighted by Gasteiger charge is -2.36. The Hall–Kier alpha value is -0.280. The summed E-state index contributed by atoms with van der Waals surface area (Å²) in [4.78, 5) is 0. The van der Waals surface area contributed by atoms with Crippen molar-refractivity contribution in [2.45, 2.75) is 44.8 Å². The summed E-state index contributed by atoms with van der Waals surface area (Å²) in [5.74, 6) is 0. The maximum absolute atomic E-state index is 6.16. The molecule has 0 amide bonds. The zero-order valence-electron chi connectivity index (χ0n) is 11.5. The quantitative estimate of drug-likeness (QED) is 0.904. The van der Waals surface area contributed by atoms with Crippen LogP contribution in [-0.2, 0) is 11.2 Å². The van der Waals surface area contributed by atoms with Gasteiger partial charge >= 0.3 is 0 Å². The molecule has 0 aromatic heterocycles. The van der Waals surface area contributed by atoms with E-state index in [1.54, 1.807) is 6.07 Å². The van der Waals surface area contributed by atoms with Crippen LogP contribution in [0.5, 0.6) is 0 Å². The van der Waals surface area contributed by atoms with Gasteiger partial charge in [-0.3, -0.25) is 0 Å². The minimum atomic E-state index is -0.00612. The third kappa shape index (κ3) is 4.64. The van der Waals surface area contributed by atoms with Crippen LogP contribution < -0.4 is 5.32 Å². The molecule has 106 valence electrons. The second-order valence-electron chi connectivity index (χ2n) is 5.74. The first-order chi connectivity index (χ1) is 8.96. The third-order valence-electron chi connectivity index (χ3n) is 3.54. The molecule has 19 heavy (non-hydrogen) atoms. The first-order valence-corrected chi connectivity index (χ1v) is 7.53. The van der Waals surface area contributed by atoms with E-state index in [1.807, 2.05) is 12.1 Å². The number of hydrogen-bond acceptors (Lipinski definition) is 2. The van der Waals surface area contributed by atoms with Crippen LogP contribution in [-0.4, -0.2) is 24.8 Å². The van der Waals surface area contributed by atoms with Crippen molar-refractivity contribution in [3.63, 3.8) is 0 Å². The molecule has 1 aromatic rings.